The molecule has 1 aromatic heterocycles. The van der Waals surface area contributed by atoms with Gasteiger partial charge in [0.05, 0.1) is 16.3 Å². The second-order valence-electron chi connectivity index (χ2n) is 4.62. The van der Waals surface area contributed by atoms with Crippen molar-refractivity contribution < 1.29 is 4.79 Å². The molecule has 3 aromatic rings. The van der Waals surface area contributed by atoms with Crippen LogP contribution in [0.4, 0.5) is 5.13 Å². The summed E-state index contributed by atoms with van der Waals surface area (Å²) < 4.78 is 1.16. The molecule has 0 saturated heterocycles. The van der Waals surface area contributed by atoms with Crippen LogP contribution >= 0.6 is 57.1 Å². The minimum absolute atomic E-state index is 0.324. The number of benzene rings is 2. The minimum atomic E-state index is -0.332. The van der Waals surface area contributed by atoms with Gasteiger partial charge in [0.1, 0.15) is 0 Å². The van der Waals surface area contributed by atoms with Gasteiger partial charge >= 0.3 is 0 Å². The minimum Gasteiger partial charge on any atom is -0.298 e. The first kappa shape index (κ1) is 16.7. The molecule has 3 nitrogen and oxygen atoms in total. The number of nitrogens with zero attached hydrogens (tertiary/aromatic N) is 1. The lowest BCUT2D eigenvalue weighted by Crippen LogP contribution is -2.12. The van der Waals surface area contributed by atoms with Crippen molar-refractivity contribution in [3.63, 3.8) is 0 Å². The Morgan fingerprint density at radius 3 is 2.61 bits per heavy atom. The Bertz CT molecular complexity index is 865. The Hall–Kier alpha value is -1.15. The molecular weight excluding hydrogens is 466 g/mol. The Balaban J connectivity index is 1.80. The number of rotatable bonds is 3. The van der Waals surface area contributed by atoms with Crippen molar-refractivity contribution in [2.75, 3.05) is 5.32 Å². The quantitative estimate of drug-likeness (QED) is 0.475. The van der Waals surface area contributed by atoms with Crippen LogP contribution in [0.5, 0.6) is 0 Å². The molecule has 0 radical (unpaired) electrons. The lowest BCUT2D eigenvalue weighted by Gasteiger charge is -2.04. The van der Waals surface area contributed by atoms with Gasteiger partial charge in [-0.25, -0.2) is 4.98 Å². The van der Waals surface area contributed by atoms with Gasteiger partial charge in [-0.1, -0.05) is 35.3 Å². The second-order valence-corrected chi connectivity index (χ2v) is 7.57. The monoisotopic (exact) mass is 474 g/mol. The van der Waals surface area contributed by atoms with Gasteiger partial charge in [-0.05, 0) is 52.9 Å². The van der Waals surface area contributed by atoms with Crippen LogP contribution in [-0.4, -0.2) is 10.9 Å². The SMILES string of the molecule is O=C(Nc1nc(-c2ccc(I)cc2)cs1)c1cc(Cl)ccc1Cl. The maximum atomic E-state index is 12.3. The number of amides is 1. The maximum absolute atomic E-state index is 12.3. The van der Waals surface area contributed by atoms with Gasteiger partial charge in [-0.2, -0.15) is 0 Å². The Morgan fingerprint density at radius 1 is 1.13 bits per heavy atom. The summed E-state index contributed by atoms with van der Waals surface area (Å²) in [5.41, 5.74) is 2.15. The lowest BCUT2D eigenvalue weighted by atomic mass is 10.2. The molecule has 23 heavy (non-hydrogen) atoms. The molecule has 0 bridgehead atoms. The number of anilines is 1. The van der Waals surface area contributed by atoms with E-state index in [2.05, 4.69) is 32.9 Å². The van der Waals surface area contributed by atoms with E-state index in [9.17, 15) is 4.79 Å². The summed E-state index contributed by atoms with van der Waals surface area (Å²) in [7, 11) is 0. The molecule has 2 aromatic carbocycles. The molecule has 0 aliphatic heterocycles. The number of hydrogen-bond donors (Lipinski definition) is 1. The van der Waals surface area contributed by atoms with E-state index in [1.165, 1.54) is 17.4 Å². The van der Waals surface area contributed by atoms with Crippen LogP contribution in [0.25, 0.3) is 11.3 Å². The Morgan fingerprint density at radius 2 is 1.87 bits per heavy atom. The van der Waals surface area contributed by atoms with Crippen LogP contribution < -0.4 is 5.32 Å². The normalized spacial score (nSPS) is 10.6. The van der Waals surface area contributed by atoms with Gasteiger partial charge in [0.15, 0.2) is 5.13 Å². The number of halogens is 3. The summed E-state index contributed by atoms with van der Waals surface area (Å²) in [5, 5.41) is 5.97. The zero-order valence-corrected chi connectivity index (χ0v) is 16.0. The molecule has 0 spiro atoms. The number of nitrogens with one attached hydrogen (secondary N) is 1. The van der Waals surface area contributed by atoms with Gasteiger partial charge in [-0.3, -0.25) is 10.1 Å². The summed E-state index contributed by atoms with van der Waals surface area (Å²) >= 11 is 15.6. The van der Waals surface area contributed by atoms with E-state index in [4.69, 9.17) is 23.2 Å². The molecule has 0 aliphatic rings. The highest BCUT2D eigenvalue weighted by atomic mass is 127. The zero-order chi connectivity index (χ0) is 16.4. The molecule has 0 aliphatic carbocycles. The zero-order valence-electron chi connectivity index (χ0n) is 11.5. The molecule has 3 rings (SSSR count). The van der Waals surface area contributed by atoms with E-state index in [-0.39, 0.29) is 5.91 Å². The fourth-order valence-corrected chi connectivity index (χ4v) is 3.37. The number of carbonyl (C=O) groups is 1. The summed E-state index contributed by atoms with van der Waals surface area (Å²) in [5.74, 6) is -0.332. The third-order valence-electron chi connectivity index (χ3n) is 3.04. The number of aromatic nitrogens is 1. The van der Waals surface area contributed by atoms with Crippen molar-refractivity contribution in [3.8, 4) is 11.3 Å². The van der Waals surface area contributed by atoms with Gasteiger partial charge in [0.25, 0.3) is 5.91 Å². The van der Waals surface area contributed by atoms with Crippen LogP contribution in [0.15, 0.2) is 47.8 Å². The summed E-state index contributed by atoms with van der Waals surface area (Å²) in [4.78, 5) is 16.7. The average molecular weight is 475 g/mol. The Kier molecular flexibility index (Phi) is 5.21. The fraction of sp³-hybridized carbons (Fsp3) is 0. The van der Waals surface area contributed by atoms with E-state index in [1.807, 2.05) is 29.6 Å². The molecule has 7 heteroatoms. The summed E-state index contributed by atoms with van der Waals surface area (Å²) in [6.07, 6.45) is 0. The molecule has 0 unspecified atom stereocenters. The topological polar surface area (TPSA) is 42.0 Å². The third-order valence-corrected chi connectivity index (χ3v) is 5.08. The fourth-order valence-electron chi connectivity index (χ4n) is 1.92. The lowest BCUT2D eigenvalue weighted by molar-refractivity contribution is 0.102. The maximum Gasteiger partial charge on any atom is 0.259 e. The van der Waals surface area contributed by atoms with Crippen LogP contribution in [0, 0.1) is 3.57 Å². The Labute approximate surface area is 160 Å². The highest BCUT2D eigenvalue weighted by molar-refractivity contribution is 14.1. The molecule has 116 valence electrons. The van der Waals surface area contributed by atoms with Gasteiger partial charge in [0.2, 0.25) is 0 Å². The number of hydrogen-bond acceptors (Lipinski definition) is 3. The van der Waals surface area contributed by atoms with Crippen molar-refractivity contribution >= 4 is 68.2 Å². The standard InChI is InChI=1S/C16H9Cl2IN2OS/c17-10-3-6-13(18)12(7-10)15(22)21-16-20-14(8-23-16)9-1-4-11(19)5-2-9/h1-8H,(H,20,21,22). The van der Waals surface area contributed by atoms with Crippen molar-refractivity contribution in [2.24, 2.45) is 0 Å². The van der Waals surface area contributed by atoms with Gasteiger partial charge in [0, 0.05) is 19.5 Å². The molecular formula is C16H9Cl2IN2OS. The van der Waals surface area contributed by atoms with E-state index < -0.39 is 0 Å². The molecule has 1 heterocycles. The van der Waals surface area contributed by atoms with Crippen molar-refractivity contribution in [3.05, 3.63) is 67.0 Å². The highest BCUT2D eigenvalue weighted by Gasteiger charge is 2.13. The average Bonchev–Trinajstić information content (AvgIpc) is 2.99. The van der Waals surface area contributed by atoms with E-state index in [0.717, 1.165) is 14.8 Å². The molecule has 0 saturated carbocycles. The first-order valence-corrected chi connectivity index (χ1v) is 9.22. The molecule has 0 fully saturated rings. The van der Waals surface area contributed by atoms with E-state index >= 15 is 0 Å². The first-order chi connectivity index (χ1) is 11.0. The summed E-state index contributed by atoms with van der Waals surface area (Å²) in [6, 6.07) is 12.8. The van der Waals surface area contributed by atoms with Crippen molar-refractivity contribution in [1.82, 2.24) is 4.98 Å². The van der Waals surface area contributed by atoms with Gasteiger partial charge < -0.3 is 0 Å². The molecule has 0 atom stereocenters. The summed E-state index contributed by atoms with van der Waals surface area (Å²) in [6.45, 7) is 0. The van der Waals surface area contributed by atoms with Crippen molar-refractivity contribution in [1.29, 1.82) is 0 Å². The van der Waals surface area contributed by atoms with E-state index in [1.54, 1.807) is 12.1 Å². The predicted octanol–water partition coefficient (Wildman–Crippen LogP) is 5.97. The van der Waals surface area contributed by atoms with Crippen LogP contribution in [0.2, 0.25) is 10.0 Å². The predicted molar refractivity (Wildman–Crippen MR) is 105 cm³/mol. The van der Waals surface area contributed by atoms with E-state index in [0.29, 0.717) is 20.7 Å². The molecule has 1 N–H and O–H groups in total. The van der Waals surface area contributed by atoms with Crippen LogP contribution in [-0.2, 0) is 0 Å². The smallest absolute Gasteiger partial charge is 0.259 e. The van der Waals surface area contributed by atoms with Gasteiger partial charge in [-0.15, -0.1) is 11.3 Å². The van der Waals surface area contributed by atoms with Crippen molar-refractivity contribution in [2.45, 2.75) is 0 Å². The number of carbonyl (C=O) groups excluding carboxylic acids is 1. The second kappa shape index (κ2) is 7.17. The van der Waals surface area contributed by atoms with Crippen LogP contribution in [0.1, 0.15) is 10.4 Å². The first-order valence-electron chi connectivity index (χ1n) is 6.51. The van der Waals surface area contributed by atoms with Crippen LogP contribution in [0.3, 0.4) is 0 Å². The highest BCUT2D eigenvalue weighted by Crippen LogP contribution is 2.27. The number of thiazole rings is 1. The largest absolute Gasteiger partial charge is 0.298 e. The third kappa shape index (κ3) is 4.03. The molecule has 1 amide bonds.